The van der Waals surface area contributed by atoms with E-state index in [4.69, 9.17) is 0 Å². The molecule has 1 N–H and O–H groups in total. The maximum absolute atomic E-state index is 12.7. The molecule has 0 atom stereocenters. The Morgan fingerprint density at radius 3 is 2.50 bits per heavy atom. The molecule has 1 aliphatic carbocycles. The Labute approximate surface area is 120 Å². The zero-order chi connectivity index (χ0) is 14.3. The van der Waals surface area contributed by atoms with Crippen LogP contribution in [0, 0.1) is 5.41 Å². The number of amides is 4. The van der Waals surface area contributed by atoms with Crippen molar-refractivity contribution < 1.29 is 14.4 Å². The van der Waals surface area contributed by atoms with Crippen LogP contribution in [0.2, 0.25) is 0 Å². The highest BCUT2D eigenvalue weighted by atomic mass is 32.2. The zero-order valence-electron chi connectivity index (χ0n) is 11.0. The number of carbonyl (C=O) groups is 3. The smallest absolute Gasteiger partial charge is 0.276 e. The van der Waals surface area contributed by atoms with E-state index in [9.17, 15) is 14.4 Å². The second kappa shape index (κ2) is 4.63. The fourth-order valence-electron chi connectivity index (χ4n) is 2.68. The first-order valence-corrected chi connectivity index (χ1v) is 7.65. The number of anilines is 1. The minimum Gasteiger partial charge on any atom is -0.276 e. The molecule has 6 heteroatoms. The Hall–Kier alpha value is -1.82. The van der Waals surface area contributed by atoms with Crippen molar-refractivity contribution >= 4 is 35.3 Å². The molecule has 1 saturated heterocycles. The molecule has 0 bridgehead atoms. The van der Waals surface area contributed by atoms with E-state index >= 15 is 0 Å². The topological polar surface area (TPSA) is 66.5 Å². The van der Waals surface area contributed by atoms with Crippen LogP contribution in [0.25, 0.3) is 0 Å². The van der Waals surface area contributed by atoms with Crippen molar-refractivity contribution in [3.63, 3.8) is 0 Å². The average molecular weight is 290 g/mol. The van der Waals surface area contributed by atoms with E-state index in [1.54, 1.807) is 12.1 Å². The monoisotopic (exact) mass is 290 g/mol. The summed E-state index contributed by atoms with van der Waals surface area (Å²) in [4.78, 5) is 38.6. The average Bonchev–Trinajstić information content (AvgIpc) is 2.37. The highest BCUT2D eigenvalue weighted by molar-refractivity contribution is 7.98. The Kier molecular flexibility index (Phi) is 3.05. The Morgan fingerprint density at radius 1 is 1.20 bits per heavy atom. The van der Waals surface area contributed by atoms with Crippen molar-refractivity contribution in [2.45, 2.75) is 24.2 Å². The van der Waals surface area contributed by atoms with Crippen molar-refractivity contribution in [1.82, 2.24) is 5.32 Å². The van der Waals surface area contributed by atoms with Crippen LogP contribution < -0.4 is 10.2 Å². The van der Waals surface area contributed by atoms with Gasteiger partial charge in [0.15, 0.2) is 0 Å². The lowest BCUT2D eigenvalue weighted by Gasteiger charge is -2.44. The molecule has 0 radical (unpaired) electrons. The highest BCUT2D eigenvalue weighted by Gasteiger charge is 2.57. The SMILES string of the molecule is CSc1ccccc1N1C(=O)NC(=O)C2(CCC2)C1=O. The number of hydrogen-bond acceptors (Lipinski definition) is 4. The Bertz CT molecular complexity index is 610. The molecule has 3 rings (SSSR count). The third-order valence-corrected chi connectivity index (χ3v) is 4.79. The summed E-state index contributed by atoms with van der Waals surface area (Å²) in [6.45, 7) is 0. The number of para-hydroxylation sites is 1. The van der Waals surface area contributed by atoms with Crippen LogP contribution in [-0.4, -0.2) is 24.1 Å². The number of nitrogens with one attached hydrogen (secondary N) is 1. The predicted molar refractivity (Wildman–Crippen MR) is 75.5 cm³/mol. The largest absolute Gasteiger partial charge is 0.335 e. The van der Waals surface area contributed by atoms with E-state index in [2.05, 4.69) is 5.32 Å². The fraction of sp³-hybridized carbons (Fsp3) is 0.357. The number of nitrogens with zero attached hydrogens (tertiary/aromatic N) is 1. The van der Waals surface area contributed by atoms with Crippen molar-refractivity contribution in [2.75, 3.05) is 11.2 Å². The minimum atomic E-state index is -1.03. The van der Waals surface area contributed by atoms with Gasteiger partial charge in [-0.1, -0.05) is 18.6 Å². The minimum absolute atomic E-state index is 0.390. The van der Waals surface area contributed by atoms with Crippen molar-refractivity contribution in [3.05, 3.63) is 24.3 Å². The lowest BCUT2D eigenvalue weighted by atomic mass is 9.66. The van der Waals surface area contributed by atoms with E-state index in [1.165, 1.54) is 11.8 Å². The third-order valence-electron chi connectivity index (χ3n) is 4.00. The first-order valence-electron chi connectivity index (χ1n) is 6.43. The summed E-state index contributed by atoms with van der Waals surface area (Å²) in [7, 11) is 0. The summed E-state index contributed by atoms with van der Waals surface area (Å²) in [5.41, 5.74) is -0.485. The van der Waals surface area contributed by atoms with Gasteiger partial charge >= 0.3 is 6.03 Å². The molecular formula is C14H14N2O3S. The summed E-state index contributed by atoms with van der Waals surface area (Å²) < 4.78 is 0. The number of urea groups is 1. The van der Waals surface area contributed by atoms with Gasteiger partial charge in [-0.05, 0) is 31.2 Å². The molecular weight excluding hydrogens is 276 g/mol. The van der Waals surface area contributed by atoms with Gasteiger partial charge in [-0.25, -0.2) is 9.69 Å². The first-order chi connectivity index (χ1) is 9.60. The molecule has 1 aromatic rings. The van der Waals surface area contributed by atoms with E-state index in [1.807, 2.05) is 18.4 Å². The van der Waals surface area contributed by atoms with Gasteiger partial charge in [-0.15, -0.1) is 11.8 Å². The summed E-state index contributed by atoms with van der Waals surface area (Å²) in [5.74, 6) is -0.837. The van der Waals surface area contributed by atoms with Crippen LogP contribution in [0.4, 0.5) is 10.5 Å². The molecule has 1 aromatic carbocycles. The molecule has 104 valence electrons. The molecule has 2 aliphatic rings. The number of benzene rings is 1. The standard InChI is InChI=1S/C14H14N2O3S/c1-20-10-6-3-2-5-9(10)16-12(18)14(7-4-8-14)11(17)15-13(16)19/h2-3,5-6H,4,7-8H2,1H3,(H,15,17,19). The van der Waals surface area contributed by atoms with Gasteiger partial charge in [0, 0.05) is 4.90 Å². The molecule has 1 aliphatic heterocycles. The summed E-state index contributed by atoms with van der Waals surface area (Å²) >= 11 is 1.46. The molecule has 0 unspecified atom stereocenters. The molecule has 4 amide bonds. The predicted octanol–water partition coefficient (Wildman–Crippen LogP) is 2.16. The number of barbiturate groups is 1. The highest BCUT2D eigenvalue weighted by Crippen LogP contribution is 2.46. The quantitative estimate of drug-likeness (QED) is 0.669. The van der Waals surface area contributed by atoms with Crippen LogP contribution in [0.3, 0.4) is 0 Å². The van der Waals surface area contributed by atoms with Crippen LogP contribution in [0.1, 0.15) is 19.3 Å². The number of rotatable bonds is 2. The number of thioether (sulfide) groups is 1. The molecule has 1 heterocycles. The lowest BCUT2D eigenvalue weighted by Crippen LogP contribution is -2.66. The van der Waals surface area contributed by atoms with Gasteiger partial charge in [0.05, 0.1) is 5.69 Å². The molecule has 5 nitrogen and oxygen atoms in total. The zero-order valence-corrected chi connectivity index (χ0v) is 11.8. The second-order valence-electron chi connectivity index (χ2n) is 5.01. The first kappa shape index (κ1) is 13.2. The lowest BCUT2D eigenvalue weighted by molar-refractivity contribution is -0.148. The van der Waals surface area contributed by atoms with E-state index in [-0.39, 0.29) is 5.91 Å². The van der Waals surface area contributed by atoms with Crippen molar-refractivity contribution in [3.8, 4) is 0 Å². The van der Waals surface area contributed by atoms with Gasteiger partial charge < -0.3 is 0 Å². The van der Waals surface area contributed by atoms with Crippen LogP contribution in [-0.2, 0) is 9.59 Å². The normalized spacial score (nSPS) is 20.9. The Balaban J connectivity index is 2.06. The van der Waals surface area contributed by atoms with Gasteiger partial charge in [-0.2, -0.15) is 0 Å². The maximum atomic E-state index is 12.7. The second-order valence-corrected chi connectivity index (χ2v) is 5.86. The fourth-order valence-corrected chi connectivity index (χ4v) is 3.26. The van der Waals surface area contributed by atoms with Gasteiger partial charge in [0.2, 0.25) is 5.91 Å². The number of imide groups is 2. The molecule has 1 saturated carbocycles. The van der Waals surface area contributed by atoms with Crippen molar-refractivity contribution in [2.24, 2.45) is 5.41 Å². The van der Waals surface area contributed by atoms with Crippen LogP contribution in [0.5, 0.6) is 0 Å². The molecule has 1 spiro atoms. The van der Waals surface area contributed by atoms with Gasteiger partial charge in [0.1, 0.15) is 5.41 Å². The van der Waals surface area contributed by atoms with E-state index in [0.29, 0.717) is 18.5 Å². The van der Waals surface area contributed by atoms with Gasteiger partial charge in [0.25, 0.3) is 5.91 Å². The van der Waals surface area contributed by atoms with Crippen LogP contribution in [0.15, 0.2) is 29.2 Å². The third kappa shape index (κ3) is 1.67. The summed E-state index contributed by atoms with van der Waals surface area (Å²) in [6, 6.07) is 6.56. The summed E-state index contributed by atoms with van der Waals surface area (Å²) in [6.07, 6.45) is 3.76. The molecule has 0 aromatic heterocycles. The molecule has 2 fully saturated rings. The van der Waals surface area contributed by atoms with E-state index < -0.39 is 17.4 Å². The van der Waals surface area contributed by atoms with Crippen molar-refractivity contribution in [1.29, 1.82) is 0 Å². The van der Waals surface area contributed by atoms with E-state index in [0.717, 1.165) is 16.2 Å². The van der Waals surface area contributed by atoms with Crippen LogP contribution >= 0.6 is 11.8 Å². The Morgan fingerprint density at radius 2 is 1.90 bits per heavy atom. The summed E-state index contributed by atoms with van der Waals surface area (Å²) in [5, 5.41) is 2.32. The maximum Gasteiger partial charge on any atom is 0.335 e. The number of hydrogen-bond donors (Lipinski definition) is 1. The number of carbonyl (C=O) groups excluding carboxylic acids is 3. The molecule has 20 heavy (non-hydrogen) atoms. The van der Waals surface area contributed by atoms with Gasteiger partial charge in [-0.3, -0.25) is 14.9 Å².